The van der Waals surface area contributed by atoms with Crippen LogP contribution in [0.3, 0.4) is 0 Å². The second kappa shape index (κ2) is 10.6. The number of amides is 3. The van der Waals surface area contributed by atoms with Gasteiger partial charge in [0, 0.05) is 37.9 Å². The number of hydrogen-bond donors (Lipinski definition) is 0. The molecule has 1 aliphatic carbocycles. The van der Waals surface area contributed by atoms with Crippen molar-refractivity contribution < 1.29 is 24.1 Å². The molecule has 2 fully saturated rings. The van der Waals surface area contributed by atoms with Crippen LogP contribution in [0, 0.1) is 22.0 Å². The van der Waals surface area contributed by atoms with Gasteiger partial charge in [0.2, 0.25) is 0 Å². The quantitative estimate of drug-likeness (QED) is 0.140. The number of benzene rings is 2. The maximum atomic E-state index is 13.6. The molecule has 0 radical (unpaired) electrons. The van der Waals surface area contributed by atoms with E-state index < -0.39 is 46.8 Å². The molecule has 2 aliphatic rings. The van der Waals surface area contributed by atoms with Gasteiger partial charge in [-0.2, -0.15) is 5.01 Å². The average Bonchev–Trinajstić information content (AvgIpc) is 3.06. The van der Waals surface area contributed by atoms with E-state index in [0.29, 0.717) is 22.9 Å². The van der Waals surface area contributed by atoms with Gasteiger partial charge in [-0.05, 0) is 37.1 Å². The molecule has 13 heteroatoms. The van der Waals surface area contributed by atoms with Crippen molar-refractivity contribution in [3.8, 4) is 0 Å². The number of rotatable bonds is 6. The van der Waals surface area contributed by atoms with Crippen LogP contribution in [-0.2, 0) is 9.59 Å². The summed E-state index contributed by atoms with van der Waals surface area (Å²) < 4.78 is 0. The smallest absolute Gasteiger partial charge is 0.273 e. The van der Waals surface area contributed by atoms with Gasteiger partial charge >= 0.3 is 0 Å². The third-order valence-corrected chi connectivity index (χ3v) is 9.47. The Morgan fingerprint density at radius 3 is 2.19 bits per heavy atom. The van der Waals surface area contributed by atoms with Crippen molar-refractivity contribution in [2.24, 2.45) is 11.8 Å². The number of nitro groups is 1. The number of ketones is 1. The number of carbonyl (C=O) groups excluding carboxylic acids is 4. The van der Waals surface area contributed by atoms with Gasteiger partial charge in [-0.15, -0.1) is 0 Å². The van der Waals surface area contributed by atoms with Gasteiger partial charge in [0.25, 0.3) is 23.4 Å². The zero-order chi connectivity index (χ0) is 26.3. The van der Waals surface area contributed by atoms with Gasteiger partial charge in [-0.1, -0.05) is 61.1 Å². The summed E-state index contributed by atoms with van der Waals surface area (Å²) in [4.78, 5) is 64.0. The summed E-state index contributed by atoms with van der Waals surface area (Å²) in [5.74, 6) is -4.13. The van der Waals surface area contributed by atoms with Crippen LogP contribution in [0.5, 0.6) is 0 Å². The lowest BCUT2D eigenvalue weighted by Crippen LogP contribution is -2.52. The lowest BCUT2D eigenvalue weighted by atomic mass is 9.81. The standard InChI is InChI=1S/C23H17Br2Cl2N3O6/c24-17-8-15-16(9-18(17)25)23(34)29(22(15)33)28(10-20(31)14-5-4-12(26)7-19(14)27)21(32)11-2-1-3-13(6-11)30(35)36/h1-7,15-18H,8-10H2/t15-,16+,17-,18-/m0/s1. The number of nitrogens with zero attached hydrogens (tertiary/aromatic N) is 3. The second-order valence-corrected chi connectivity index (χ2v) is 11.6. The molecule has 0 spiro atoms. The number of non-ortho nitro benzene ring substituents is 1. The van der Waals surface area contributed by atoms with Crippen molar-refractivity contribution in [2.75, 3.05) is 6.54 Å². The van der Waals surface area contributed by atoms with E-state index in [1.807, 2.05) is 0 Å². The van der Waals surface area contributed by atoms with Crippen LogP contribution in [-0.4, -0.2) is 54.6 Å². The maximum Gasteiger partial charge on any atom is 0.273 e. The van der Waals surface area contributed by atoms with Crippen molar-refractivity contribution in [1.82, 2.24) is 10.0 Å². The maximum absolute atomic E-state index is 13.6. The largest absolute Gasteiger partial charge is 0.292 e. The van der Waals surface area contributed by atoms with Gasteiger partial charge in [0.15, 0.2) is 5.78 Å². The number of halogens is 4. The number of alkyl halides is 2. The van der Waals surface area contributed by atoms with Crippen LogP contribution < -0.4 is 0 Å². The van der Waals surface area contributed by atoms with Crippen molar-refractivity contribution in [2.45, 2.75) is 22.5 Å². The van der Waals surface area contributed by atoms with E-state index in [2.05, 4.69) is 31.9 Å². The molecule has 0 aromatic heterocycles. The fourth-order valence-corrected chi connectivity index (χ4v) is 6.14. The Balaban J connectivity index is 1.74. The van der Waals surface area contributed by atoms with Crippen LogP contribution >= 0.6 is 55.1 Å². The first-order valence-corrected chi connectivity index (χ1v) is 13.3. The molecule has 0 N–H and O–H groups in total. The number of hydrogen-bond acceptors (Lipinski definition) is 6. The Morgan fingerprint density at radius 1 is 1.03 bits per heavy atom. The van der Waals surface area contributed by atoms with E-state index in [1.165, 1.54) is 36.4 Å². The topological polar surface area (TPSA) is 118 Å². The van der Waals surface area contributed by atoms with E-state index in [0.717, 1.165) is 11.1 Å². The second-order valence-electron chi connectivity index (χ2n) is 8.42. The van der Waals surface area contributed by atoms with Crippen molar-refractivity contribution in [3.63, 3.8) is 0 Å². The van der Waals surface area contributed by atoms with E-state index >= 15 is 0 Å². The van der Waals surface area contributed by atoms with Crippen LogP contribution in [0.15, 0.2) is 42.5 Å². The third kappa shape index (κ3) is 5.06. The molecular weight excluding hydrogens is 645 g/mol. The minimum Gasteiger partial charge on any atom is -0.292 e. The molecule has 3 amide bonds. The van der Waals surface area contributed by atoms with Gasteiger partial charge in [-0.3, -0.25) is 29.3 Å². The third-order valence-electron chi connectivity index (χ3n) is 6.19. The monoisotopic (exact) mass is 659 g/mol. The van der Waals surface area contributed by atoms with E-state index in [4.69, 9.17) is 23.2 Å². The van der Waals surface area contributed by atoms with Crippen LogP contribution in [0.25, 0.3) is 0 Å². The number of fused-ring (bicyclic) bond motifs is 1. The molecule has 9 nitrogen and oxygen atoms in total. The van der Waals surface area contributed by atoms with Crippen LogP contribution in [0.2, 0.25) is 10.0 Å². The summed E-state index contributed by atoms with van der Waals surface area (Å²) >= 11 is 19.1. The predicted molar refractivity (Wildman–Crippen MR) is 138 cm³/mol. The Hall–Kier alpha value is -2.34. The summed E-state index contributed by atoms with van der Waals surface area (Å²) in [7, 11) is 0. The molecule has 4 atom stereocenters. The first kappa shape index (κ1) is 26.7. The Morgan fingerprint density at radius 2 is 1.64 bits per heavy atom. The highest BCUT2D eigenvalue weighted by atomic mass is 79.9. The zero-order valence-corrected chi connectivity index (χ0v) is 23.0. The molecule has 1 aliphatic heterocycles. The molecular formula is C23H17Br2Cl2N3O6. The number of Topliss-reactive ketones (excluding diaryl/α,β-unsaturated/α-hetero) is 1. The highest BCUT2D eigenvalue weighted by Gasteiger charge is 2.54. The molecule has 36 heavy (non-hydrogen) atoms. The molecule has 188 valence electrons. The lowest BCUT2D eigenvalue weighted by molar-refractivity contribution is -0.384. The van der Waals surface area contributed by atoms with E-state index in [-0.39, 0.29) is 31.5 Å². The lowest BCUT2D eigenvalue weighted by Gasteiger charge is -2.30. The number of nitro benzene ring substituents is 1. The summed E-state index contributed by atoms with van der Waals surface area (Å²) in [5, 5.41) is 13.0. The summed E-state index contributed by atoms with van der Waals surface area (Å²) in [6.07, 6.45) is 0.717. The highest BCUT2D eigenvalue weighted by molar-refractivity contribution is 9.12. The normalized spacial score (nSPS) is 23.4. The van der Waals surface area contributed by atoms with E-state index in [9.17, 15) is 29.3 Å². The number of hydrazine groups is 1. The van der Waals surface area contributed by atoms with Crippen LogP contribution in [0.1, 0.15) is 33.6 Å². The average molecular weight is 662 g/mol. The Kier molecular flexibility index (Phi) is 7.84. The summed E-state index contributed by atoms with van der Waals surface area (Å²) in [6.45, 7) is -0.699. The predicted octanol–water partition coefficient (Wildman–Crippen LogP) is 5.06. The molecule has 2 aromatic carbocycles. The van der Waals surface area contributed by atoms with Gasteiger partial charge < -0.3 is 0 Å². The summed E-state index contributed by atoms with van der Waals surface area (Å²) in [6, 6.07) is 9.02. The Labute approximate surface area is 232 Å². The SMILES string of the molecule is O=C(CN(C(=O)c1cccc([N+](=O)[O-])c1)N1C(=O)[C@H]2C[C@H](Br)[C@@H](Br)C[C@H]2C1=O)c1ccc(Cl)cc1Cl. The minimum absolute atomic E-state index is 0.0345. The molecule has 0 unspecified atom stereocenters. The van der Waals surface area contributed by atoms with Gasteiger partial charge in [-0.25, -0.2) is 5.01 Å². The van der Waals surface area contributed by atoms with Gasteiger partial charge in [0.05, 0.1) is 21.8 Å². The van der Waals surface area contributed by atoms with Crippen molar-refractivity contribution in [3.05, 3.63) is 73.8 Å². The molecule has 1 saturated heterocycles. The minimum atomic E-state index is -0.914. The molecule has 4 rings (SSSR count). The number of carbonyl (C=O) groups is 4. The van der Waals surface area contributed by atoms with Crippen molar-refractivity contribution >= 4 is 84.3 Å². The molecule has 2 aromatic rings. The molecule has 1 heterocycles. The first-order valence-electron chi connectivity index (χ1n) is 10.7. The molecule has 0 bridgehead atoms. The summed E-state index contributed by atoms with van der Waals surface area (Å²) in [5.41, 5.74) is -0.480. The number of imide groups is 1. The fourth-order valence-electron chi connectivity index (χ4n) is 4.39. The van der Waals surface area contributed by atoms with E-state index in [1.54, 1.807) is 0 Å². The fraction of sp³-hybridized carbons (Fsp3) is 0.304. The zero-order valence-electron chi connectivity index (χ0n) is 18.3. The highest BCUT2D eigenvalue weighted by Crippen LogP contribution is 2.43. The molecule has 1 saturated carbocycles. The van der Waals surface area contributed by atoms with Crippen molar-refractivity contribution in [1.29, 1.82) is 0 Å². The van der Waals surface area contributed by atoms with Crippen LogP contribution in [0.4, 0.5) is 5.69 Å². The Bertz CT molecular complexity index is 1260. The first-order chi connectivity index (χ1) is 17.0. The van der Waals surface area contributed by atoms with Gasteiger partial charge in [0.1, 0.15) is 6.54 Å².